The van der Waals surface area contributed by atoms with E-state index in [1.54, 1.807) is 6.07 Å². The summed E-state index contributed by atoms with van der Waals surface area (Å²) >= 11 is 1.46. The summed E-state index contributed by atoms with van der Waals surface area (Å²) in [5.41, 5.74) is 5.56. The zero-order valence-electron chi connectivity index (χ0n) is 8.98. The van der Waals surface area contributed by atoms with Gasteiger partial charge in [0.2, 0.25) is 0 Å². The van der Waals surface area contributed by atoms with Gasteiger partial charge in [-0.05, 0) is 24.6 Å². The molecule has 88 valence electrons. The fourth-order valence-corrected chi connectivity index (χ4v) is 2.11. The minimum Gasteiger partial charge on any atom is -0.468 e. The van der Waals surface area contributed by atoms with E-state index in [-0.39, 0.29) is 5.82 Å². The van der Waals surface area contributed by atoms with Crippen molar-refractivity contribution >= 4 is 17.7 Å². The van der Waals surface area contributed by atoms with Crippen LogP contribution in [0.2, 0.25) is 0 Å². The van der Waals surface area contributed by atoms with Crippen molar-refractivity contribution < 1.29 is 13.9 Å². The highest BCUT2D eigenvalue weighted by Gasteiger charge is 2.12. The quantitative estimate of drug-likeness (QED) is 0.633. The number of ether oxygens (including phenoxy) is 1. The number of rotatable bonds is 5. The van der Waals surface area contributed by atoms with Gasteiger partial charge in [-0.2, -0.15) is 0 Å². The van der Waals surface area contributed by atoms with Gasteiger partial charge in [-0.1, -0.05) is 6.07 Å². The molecule has 0 fully saturated rings. The molecule has 0 amide bonds. The van der Waals surface area contributed by atoms with Crippen LogP contribution >= 0.6 is 11.8 Å². The molecule has 0 radical (unpaired) electrons. The highest BCUT2D eigenvalue weighted by atomic mass is 32.2. The Morgan fingerprint density at radius 3 is 3.00 bits per heavy atom. The lowest BCUT2D eigenvalue weighted by Crippen LogP contribution is -2.31. The molecule has 0 aromatic heterocycles. The Labute approximate surface area is 98.2 Å². The number of thioether (sulfide) groups is 1. The first-order valence-corrected chi connectivity index (χ1v) is 5.84. The standard InChI is InChI=1S/C11H14FNO2S/c1-15-11(14)10(13)5-6-16-9-4-2-3-8(12)7-9/h2-4,7,10H,5-6,13H2,1H3. The van der Waals surface area contributed by atoms with Crippen LogP contribution in [0.25, 0.3) is 0 Å². The number of methoxy groups -OCH3 is 1. The molecule has 1 atom stereocenters. The fourth-order valence-electron chi connectivity index (χ4n) is 1.13. The van der Waals surface area contributed by atoms with Crippen LogP contribution in [0.5, 0.6) is 0 Å². The highest BCUT2D eigenvalue weighted by molar-refractivity contribution is 7.99. The average molecular weight is 243 g/mol. The van der Waals surface area contributed by atoms with Gasteiger partial charge in [0.05, 0.1) is 7.11 Å². The van der Waals surface area contributed by atoms with Gasteiger partial charge in [-0.3, -0.25) is 4.79 Å². The molecule has 16 heavy (non-hydrogen) atoms. The molecular formula is C11H14FNO2S. The minimum absolute atomic E-state index is 0.262. The van der Waals surface area contributed by atoms with Crippen molar-refractivity contribution in [3.63, 3.8) is 0 Å². The molecule has 0 aliphatic rings. The second-order valence-electron chi connectivity index (χ2n) is 3.22. The number of benzene rings is 1. The first-order valence-electron chi connectivity index (χ1n) is 4.85. The predicted octanol–water partition coefficient (Wildman–Crippen LogP) is 1.81. The van der Waals surface area contributed by atoms with Gasteiger partial charge in [0.15, 0.2) is 0 Å². The molecule has 1 aromatic rings. The Bertz CT molecular complexity index is 360. The number of hydrogen-bond acceptors (Lipinski definition) is 4. The van der Waals surface area contributed by atoms with Crippen molar-refractivity contribution in [1.82, 2.24) is 0 Å². The molecule has 1 rings (SSSR count). The minimum atomic E-state index is -0.606. The Hall–Kier alpha value is -1.07. The van der Waals surface area contributed by atoms with E-state index in [2.05, 4.69) is 4.74 Å². The van der Waals surface area contributed by atoms with Crippen LogP contribution in [0.3, 0.4) is 0 Å². The maximum atomic E-state index is 12.8. The Morgan fingerprint density at radius 1 is 1.62 bits per heavy atom. The number of carbonyl (C=O) groups excluding carboxylic acids is 1. The van der Waals surface area contributed by atoms with Crippen LogP contribution in [-0.2, 0) is 9.53 Å². The van der Waals surface area contributed by atoms with Gasteiger partial charge in [-0.15, -0.1) is 11.8 Å². The third-order valence-corrected chi connectivity index (χ3v) is 3.02. The topological polar surface area (TPSA) is 52.3 Å². The second-order valence-corrected chi connectivity index (χ2v) is 4.39. The van der Waals surface area contributed by atoms with Crippen molar-refractivity contribution in [3.05, 3.63) is 30.1 Å². The van der Waals surface area contributed by atoms with Gasteiger partial charge < -0.3 is 10.5 Å². The summed E-state index contributed by atoms with van der Waals surface area (Å²) in [6.45, 7) is 0. The molecule has 2 N–H and O–H groups in total. The molecule has 3 nitrogen and oxygen atoms in total. The van der Waals surface area contributed by atoms with Crippen LogP contribution in [0.4, 0.5) is 4.39 Å². The molecule has 0 saturated carbocycles. The number of nitrogens with two attached hydrogens (primary N) is 1. The second kappa shape index (κ2) is 6.50. The molecule has 0 heterocycles. The van der Waals surface area contributed by atoms with E-state index in [1.807, 2.05) is 6.07 Å². The normalized spacial score (nSPS) is 12.2. The van der Waals surface area contributed by atoms with Gasteiger partial charge in [0.25, 0.3) is 0 Å². The Morgan fingerprint density at radius 2 is 2.38 bits per heavy atom. The summed E-state index contributed by atoms with van der Waals surface area (Å²) in [7, 11) is 1.31. The van der Waals surface area contributed by atoms with E-state index >= 15 is 0 Å². The van der Waals surface area contributed by atoms with Crippen molar-refractivity contribution in [2.24, 2.45) is 5.73 Å². The lowest BCUT2D eigenvalue weighted by Gasteiger charge is -2.08. The SMILES string of the molecule is COC(=O)C(N)CCSc1cccc(F)c1. The van der Waals surface area contributed by atoms with Crippen molar-refractivity contribution in [1.29, 1.82) is 0 Å². The van der Waals surface area contributed by atoms with Crippen LogP contribution in [-0.4, -0.2) is 24.9 Å². The predicted molar refractivity (Wildman–Crippen MR) is 61.7 cm³/mol. The molecule has 0 spiro atoms. The number of halogens is 1. The zero-order valence-corrected chi connectivity index (χ0v) is 9.80. The first kappa shape index (κ1) is 13.0. The molecule has 0 aliphatic heterocycles. The number of carbonyl (C=O) groups is 1. The van der Waals surface area contributed by atoms with Gasteiger partial charge in [-0.25, -0.2) is 4.39 Å². The molecule has 1 unspecified atom stereocenters. The Balaban J connectivity index is 2.33. The molecule has 0 saturated heterocycles. The molecule has 5 heteroatoms. The lowest BCUT2D eigenvalue weighted by molar-refractivity contribution is -0.142. The van der Waals surface area contributed by atoms with E-state index in [1.165, 1.54) is 31.0 Å². The molecule has 0 bridgehead atoms. The van der Waals surface area contributed by atoms with Gasteiger partial charge >= 0.3 is 5.97 Å². The molecule has 0 aliphatic carbocycles. The van der Waals surface area contributed by atoms with Gasteiger partial charge in [0, 0.05) is 10.6 Å². The summed E-state index contributed by atoms with van der Waals surface area (Å²) < 4.78 is 17.3. The van der Waals surface area contributed by atoms with E-state index in [4.69, 9.17) is 5.73 Å². The van der Waals surface area contributed by atoms with Gasteiger partial charge in [0.1, 0.15) is 11.9 Å². The Kier molecular flexibility index (Phi) is 5.28. The lowest BCUT2D eigenvalue weighted by atomic mass is 10.2. The smallest absolute Gasteiger partial charge is 0.322 e. The van der Waals surface area contributed by atoms with Crippen LogP contribution in [0.15, 0.2) is 29.2 Å². The zero-order chi connectivity index (χ0) is 12.0. The van der Waals surface area contributed by atoms with E-state index in [9.17, 15) is 9.18 Å². The third-order valence-electron chi connectivity index (χ3n) is 2.00. The van der Waals surface area contributed by atoms with Crippen molar-refractivity contribution in [3.8, 4) is 0 Å². The first-order chi connectivity index (χ1) is 7.63. The maximum Gasteiger partial charge on any atom is 0.322 e. The maximum absolute atomic E-state index is 12.8. The van der Waals surface area contributed by atoms with Crippen LogP contribution in [0, 0.1) is 5.82 Å². The van der Waals surface area contributed by atoms with E-state index in [0.717, 1.165) is 4.90 Å². The van der Waals surface area contributed by atoms with Crippen molar-refractivity contribution in [2.45, 2.75) is 17.4 Å². The fraction of sp³-hybridized carbons (Fsp3) is 0.364. The van der Waals surface area contributed by atoms with E-state index in [0.29, 0.717) is 12.2 Å². The van der Waals surface area contributed by atoms with Crippen LogP contribution in [0.1, 0.15) is 6.42 Å². The number of esters is 1. The summed E-state index contributed by atoms with van der Waals surface area (Å²) in [6.07, 6.45) is 0.508. The highest BCUT2D eigenvalue weighted by Crippen LogP contribution is 2.19. The summed E-state index contributed by atoms with van der Waals surface area (Å²) in [5, 5.41) is 0. The monoisotopic (exact) mass is 243 g/mol. The molecule has 1 aromatic carbocycles. The van der Waals surface area contributed by atoms with E-state index < -0.39 is 12.0 Å². The summed E-state index contributed by atoms with van der Waals surface area (Å²) in [6, 6.07) is 5.71. The number of hydrogen-bond donors (Lipinski definition) is 1. The van der Waals surface area contributed by atoms with Crippen molar-refractivity contribution in [2.75, 3.05) is 12.9 Å². The average Bonchev–Trinajstić information content (AvgIpc) is 2.28. The summed E-state index contributed by atoms with van der Waals surface area (Å²) in [4.78, 5) is 11.8. The molecular weight excluding hydrogens is 229 g/mol. The van der Waals surface area contributed by atoms with Crippen LogP contribution < -0.4 is 5.73 Å². The largest absolute Gasteiger partial charge is 0.468 e. The third kappa shape index (κ3) is 4.20. The summed E-state index contributed by atoms with van der Waals surface area (Å²) in [5.74, 6) is -0.0261.